The number of carboxylic acid groups (broad SMARTS) is 1. The van der Waals surface area contributed by atoms with Crippen molar-refractivity contribution < 1.29 is 18.3 Å². The average molecular weight is 336 g/mol. The number of carbonyl (C=O) groups is 1. The molecule has 1 aromatic carbocycles. The van der Waals surface area contributed by atoms with Gasteiger partial charge in [-0.05, 0) is 32.3 Å². The zero-order valence-electron chi connectivity index (χ0n) is 13.2. The van der Waals surface area contributed by atoms with E-state index in [9.17, 15) is 18.3 Å². The number of hydrogen-bond donors (Lipinski definition) is 1. The van der Waals surface area contributed by atoms with Crippen molar-refractivity contribution in [2.75, 3.05) is 6.54 Å². The van der Waals surface area contributed by atoms with Crippen LogP contribution in [-0.2, 0) is 21.9 Å². The van der Waals surface area contributed by atoms with E-state index < -0.39 is 22.0 Å². The van der Waals surface area contributed by atoms with Crippen LogP contribution in [0.4, 0.5) is 0 Å². The van der Waals surface area contributed by atoms with E-state index in [1.165, 1.54) is 0 Å². The van der Waals surface area contributed by atoms with Crippen molar-refractivity contribution in [2.24, 2.45) is 7.05 Å². The van der Waals surface area contributed by atoms with Gasteiger partial charge in [0, 0.05) is 30.2 Å². The fourth-order valence-electron chi connectivity index (χ4n) is 3.37. The van der Waals surface area contributed by atoms with Crippen molar-refractivity contribution in [3.63, 3.8) is 0 Å². The molecule has 2 heterocycles. The smallest absolute Gasteiger partial charge is 0.322 e. The number of aromatic nitrogens is 1. The topological polar surface area (TPSA) is 79.6 Å². The summed E-state index contributed by atoms with van der Waals surface area (Å²) in [5, 5.41) is 10.0. The molecule has 6 nitrogen and oxygen atoms in total. The summed E-state index contributed by atoms with van der Waals surface area (Å²) in [5.74, 6) is -1.08. The number of rotatable bonds is 3. The van der Waals surface area contributed by atoms with Crippen molar-refractivity contribution in [3.8, 4) is 0 Å². The van der Waals surface area contributed by atoms with E-state index in [0.717, 1.165) is 16.2 Å². The van der Waals surface area contributed by atoms with Gasteiger partial charge in [0.2, 0.25) is 10.0 Å². The molecule has 1 aliphatic rings. The Labute approximate surface area is 135 Å². The maximum absolute atomic E-state index is 13.2. The lowest BCUT2D eigenvalue weighted by molar-refractivity contribution is -0.142. The number of carboxylic acids is 1. The Kier molecular flexibility index (Phi) is 3.93. The number of sulfonamides is 1. The summed E-state index contributed by atoms with van der Waals surface area (Å²) in [5.41, 5.74) is 1.45. The van der Waals surface area contributed by atoms with Gasteiger partial charge < -0.3 is 9.67 Å². The minimum atomic E-state index is -3.86. The molecule has 0 bridgehead atoms. The van der Waals surface area contributed by atoms with E-state index in [4.69, 9.17) is 0 Å². The van der Waals surface area contributed by atoms with Gasteiger partial charge in [0.15, 0.2) is 0 Å². The molecule has 1 aliphatic heterocycles. The summed E-state index contributed by atoms with van der Waals surface area (Å²) in [6.45, 7) is 2.01. The fourth-order valence-corrected chi connectivity index (χ4v) is 5.46. The number of piperidine rings is 1. The van der Waals surface area contributed by atoms with E-state index in [1.807, 2.05) is 23.7 Å². The van der Waals surface area contributed by atoms with Gasteiger partial charge in [-0.15, -0.1) is 0 Å². The Bertz CT molecular complexity index is 870. The second kappa shape index (κ2) is 5.65. The minimum absolute atomic E-state index is 0.226. The zero-order chi connectivity index (χ0) is 16.8. The number of aliphatic carboxylic acids is 1. The molecule has 1 unspecified atom stereocenters. The van der Waals surface area contributed by atoms with Gasteiger partial charge in [-0.1, -0.05) is 18.2 Å². The van der Waals surface area contributed by atoms with Crippen molar-refractivity contribution >= 4 is 26.9 Å². The highest BCUT2D eigenvalue weighted by Gasteiger charge is 2.39. The van der Waals surface area contributed by atoms with Crippen LogP contribution in [0.15, 0.2) is 29.2 Å². The number of benzene rings is 1. The van der Waals surface area contributed by atoms with Crippen molar-refractivity contribution in [3.05, 3.63) is 30.0 Å². The van der Waals surface area contributed by atoms with Crippen molar-refractivity contribution in [1.82, 2.24) is 8.87 Å². The molecule has 1 aromatic heterocycles. The van der Waals surface area contributed by atoms with Crippen LogP contribution in [0, 0.1) is 6.92 Å². The Morgan fingerprint density at radius 2 is 1.96 bits per heavy atom. The molecule has 0 amide bonds. The maximum Gasteiger partial charge on any atom is 0.322 e. The molecule has 1 saturated heterocycles. The molecule has 0 spiro atoms. The van der Waals surface area contributed by atoms with Gasteiger partial charge in [-0.2, -0.15) is 4.31 Å². The van der Waals surface area contributed by atoms with Crippen molar-refractivity contribution in [1.29, 1.82) is 0 Å². The molecule has 7 heteroatoms. The highest BCUT2D eigenvalue weighted by molar-refractivity contribution is 7.89. The standard InChI is InChI=1S/C16H20N2O4S/c1-11-15(12-7-3-4-8-13(12)17(11)2)23(21,22)18-10-6-5-9-14(18)16(19)20/h3-4,7-8,14H,5-6,9-10H2,1-2H3,(H,19,20). The molecule has 23 heavy (non-hydrogen) atoms. The molecule has 2 aromatic rings. The van der Waals surface area contributed by atoms with Crippen LogP contribution < -0.4 is 0 Å². The summed E-state index contributed by atoms with van der Waals surface area (Å²) in [6, 6.07) is 6.32. The van der Waals surface area contributed by atoms with Gasteiger partial charge in [0.25, 0.3) is 0 Å². The zero-order valence-corrected chi connectivity index (χ0v) is 14.0. The van der Waals surface area contributed by atoms with Gasteiger partial charge in [0.05, 0.1) is 0 Å². The van der Waals surface area contributed by atoms with Crippen LogP contribution in [0.5, 0.6) is 0 Å². The molecule has 3 rings (SSSR count). The summed E-state index contributed by atoms with van der Waals surface area (Å²) >= 11 is 0. The first-order chi connectivity index (χ1) is 10.9. The van der Waals surface area contributed by atoms with E-state index in [-0.39, 0.29) is 11.4 Å². The highest BCUT2D eigenvalue weighted by atomic mass is 32.2. The lowest BCUT2D eigenvalue weighted by Crippen LogP contribution is -2.47. The fraction of sp³-hybridized carbons (Fsp3) is 0.438. The first kappa shape index (κ1) is 16.0. The minimum Gasteiger partial charge on any atom is -0.480 e. The summed E-state index contributed by atoms with van der Waals surface area (Å²) in [4.78, 5) is 11.7. The third kappa shape index (κ3) is 2.44. The number of hydrogen-bond acceptors (Lipinski definition) is 3. The molecule has 0 aliphatic carbocycles. The summed E-state index contributed by atoms with van der Waals surface area (Å²) in [7, 11) is -2.04. The molecule has 124 valence electrons. The lowest BCUT2D eigenvalue weighted by atomic mass is 10.1. The Morgan fingerprint density at radius 3 is 2.65 bits per heavy atom. The first-order valence-corrected chi connectivity index (χ1v) is 9.08. The second-order valence-electron chi connectivity index (χ2n) is 5.96. The molecule has 1 atom stereocenters. The van der Waals surface area contributed by atoms with Gasteiger partial charge >= 0.3 is 5.97 Å². The Hall–Kier alpha value is -1.86. The molecule has 0 radical (unpaired) electrons. The third-order valence-electron chi connectivity index (χ3n) is 4.65. The summed E-state index contributed by atoms with van der Waals surface area (Å²) in [6.07, 6.45) is 1.78. The molecular formula is C16H20N2O4S. The number of para-hydroxylation sites is 1. The van der Waals surface area contributed by atoms with Crippen LogP contribution >= 0.6 is 0 Å². The average Bonchev–Trinajstić information content (AvgIpc) is 2.79. The van der Waals surface area contributed by atoms with Gasteiger partial charge in [-0.25, -0.2) is 8.42 Å². The number of fused-ring (bicyclic) bond motifs is 1. The van der Waals surface area contributed by atoms with E-state index in [1.54, 1.807) is 19.1 Å². The monoisotopic (exact) mass is 336 g/mol. The van der Waals surface area contributed by atoms with Crippen LogP contribution in [-0.4, -0.2) is 41.0 Å². The lowest BCUT2D eigenvalue weighted by Gasteiger charge is -2.32. The highest BCUT2D eigenvalue weighted by Crippen LogP contribution is 2.33. The first-order valence-electron chi connectivity index (χ1n) is 7.64. The van der Waals surface area contributed by atoms with Gasteiger partial charge in [0.1, 0.15) is 10.9 Å². The van der Waals surface area contributed by atoms with E-state index in [0.29, 0.717) is 23.9 Å². The quantitative estimate of drug-likeness (QED) is 0.931. The van der Waals surface area contributed by atoms with Crippen molar-refractivity contribution in [2.45, 2.75) is 37.1 Å². The van der Waals surface area contributed by atoms with Gasteiger partial charge in [-0.3, -0.25) is 4.79 Å². The molecule has 0 saturated carbocycles. The van der Waals surface area contributed by atoms with Crippen LogP contribution in [0.3, 0.4) is 0 Å². The maximum atomic E-state index is 13.2. The largest absolute Gasteiger partial charge is 0.480 e. The van der Waals surface area contributed by atoms with Crippen LogP contribution in [0.2, 0.25) is 0 Å². The summed E-state index contributed by atoms with van der Waals surface area (Å²) < 4.78 is 29.4. The van der Waals surface area contributed by atoms with E-state index >= 15 is 0 Å². The SMILES string of the molecule is Cc1c(S(=O)(=O)N2CCCCC2C(=O)O)c2ccccc2n1C. The predicted octanol–water partition coefficient (Wildman–Crippen LogP) is 2.11. The third-order valence-corrected chi connectivity index (χ3v) is 6.73. The Balaban J connectivity index is 2.20. The van der Waals surface area contributed by atoms with Crippen LogP contribution in [0.1, 0.15) is 25.0 Å². The molecule has 1 N–H and O–H groups in total. The van der Waals surface area contributed by atoms with E-state index in [2.05, 4.69) is 0 Å². The second-order valence-corrected chi connectivity index (χ2v) is 7.78. The van der Waals surface area contributed by atoms with Crippen LogP contribution in [0.25, 0.3) is 10.9 Å². The normalized spacial score (nSPS) is 20.0. The predicted molar refractivity (Wildman–Crippen MR) is 86.8 cm³/mol. The molecular weight excluding hydrogens is 316 g/mol. The number of nitrogens with zero attached hydrogens (tertiary/aromatic N) is 2. The number of aryl methyl sites for hydroxylation is 1. The molecule has 1 fully saturated rings. The Morgan fingerprint density at radius 1 is 1.26 bits per heavy atom.